The van der Waals surface area contributed by atoms with E-state index in [1.54, 1.807) is 13.8 Å². The Morgan fingerprint density at radius 3 is 2.41 bits per heavy atom. The van der Waals surface area contributed by atoms with Gasteiger partial charge in [-0.3, -0.25) is 4.79 Å². The number of ether oxygens (including phenoxy) is 4. The number of carbonyl (C=O) groups is 2. The Balaban J connectivity index is 2.12. The lowest BCUT2D eigenvalue weighted by atomic mass is 9.78. The van der Waals surface area contributed by atoms with Crippen LogP contribution >= 0.6 is 0 Å². The molecule has 3 aliphatic rings. The molecule has 298 valence electrons. The first-order valence-corrected chi connectivity index (χ1v) is 19.1. The highest BCUT2D eigenvalue weighted by molar-refractivity contribution is 6.07. The molecule has 0 aromatic carbocycles. The molecule has 13 nitrogen and oxygen atoms in total. The summed E-state index contributed by atoms with van der Waals surface area (Å²) in [5.41, 5.74) is -0.579. The van der Waals surface area contributed by atoms with Gasteiger partial charge in [0, 0.05) is 37.0 Å². The van der Waals surface area contributed by atoms with E-state index in [2.05, 4.69) is 17.1 Å². The van der Waals surface area contributed by atoms with Gasteiger partial charge in [-0.05, 0) is 100 Å². The monoisotopic (exact) mass is 733 g/mol. The third kappa shape index (κ3) is 10.1. The molecule has 14 atom stereocenters. The summed E-state index contributed by atoms with van der Waals surface area (Å²) in [6.45, 7) is 15.8. The van der Waals surface area contributed by atoms with Crippen LogP contribution in [0.2, 0.25) is 0 Å². The second-order valence-corrected chi connectivity index (χ2v) is 16.1. The zero-order valence-corrected chi connectivity index (χ0v) is 32.8. The summed E-state index contributed by atoms with van der Waals surface area (Å²) in [7, 11) is 3.80. The maximum absolute atomic E-state index is 16.6. The molecule has 0 spiro atoms. The lowest BCUT2D eigenvalue weighted by Gasteiger charge is -2.46. The van der Waals surface area contributed by atoms with E-state index in [0.717, 1.165) is 32.7 Å². The Bertz CT molecular complexity index is 1130. The number of unbranched alkanes of at least 4 members (excludes halogenated alkanes) is 1. The largest absolute Gasteiger partial charge is 0.457 e. The minimum Gasteiger partial charge on any atom is -0.457 e. The highest BCUT2D eigenvalue weighted by Crippen LogP contribution is 2.44. The first-order chi connectivity index (χ1) is 23.8. The van der Waals surface area contributed by atoms with Gasteiger partial charge >= 0.3 is 5.97 Å². The SMILES string of the molecule is CCCCN(C)[C@H]1C[C@@H](C)O[C@@H](O[C@@H]2[C@@H](C)C(=O)[C@](C)(F)C(=O)O[C@H](CC)[C@@](C)(O)[C@H](O)[C@@H](C)N(C)C[C@H]3C[C@@]2(C)OC3CNCCCN)[C@@H]1O. The molecule has 0 amide bonds. The third-order valence-corrected chi connectivity index (χ3v) is 11.7. The smallest absolute Gasteiger partial charge is 0.351 e. The van der Waals surface area contributed by atoms with Gasteiger partial charge in [0.15, 0.2) is 12.1 Å². The average Bonchev–Trinajstić information content (AvgIpc) is 3.40. The molecule has 2 bridgehead atoms. The van der Waals surface area contributed by atoms with Gasteiger partial charge in [-0.1, -0.05) is 27.2 Å². The molecule has 3 rings (SSSR count). The van der Waals surface area contributed by atoms with E-state index in [0.29, 0.717) is 39.0 Å². The summed E-state index contributed by atoms with van der Waals surface area (Å²) in [6.07, 6.45) is -3.08. The van der Waals surface area contributed by atoms with E-state index in [1.807, 2.05) is 32.8 Å². The van der Waals surface area contributed by atoms with Crippen LogP contribution in [0.1, 0.15) is 93.9 Å². The van der Waals surface area contributed by atoms with Gasteiger partial charge in [-0.2, -0.15) is 0 Å². The Labute approximate surface area is 305 Å². The number of halogens is 1. The summed E-state index contributed by atoms with van der Waals surface area (Å²) in [5, 5.41) is 38.1. The van der Waals surface area contributed by atoms with Gasteiger partial charge in [-0.25, -0.2) is 9.18 Å². The second-order valence-electron chi connectivity index (χ2n) is 16.1. The molecule has 1 unspecified atom stereocenters. The maximum Gasteiger partial charge on any atom is 0.351 e. The highest BCUT2D eigenvalue weighted by Gasteiger charge is 2.58. The summed E-state index contributed by atoms with van der Waals surface area (Å²) in [6, 6.07) is -0.904. The predicted octanol–water partition coefficient (Wildman–Crippen LogP) is 1.77. The van der Waals surface area contributed by atoms with E-state index >= 15 is 4.39 Å². The molecule has 3 fully saturated rings. The number of aliphatic hydroxyl groups is 3. The Morgan fingerprint density at radius 1 is 1.14 bits per heavy atom. The number of ketones is 1. The molecule has 6 N–H and O–H groups in total. The molecule has 0 aromatic heterocycles. The van der Waals surface area contributed by atoms with E-state index in [-0.39, 0.29) is 24.5 Å². The highest BCUT2D eigenvalue weighted by atomic mass is 19.1. The number of aliphatic hydroxyl groups excluding tert-OH is 2. The lowest BCUT2D eigenvalue weighted by Crippen LogP contribution is -2.61. The number of Topliss-reactive ketones (excluding diaryl/α,β-unsaturated/α-hetero) is 1. The number of cyclic esters (lactones) is 1. The van der Waals surface area contributed by atoms with Crippen LogP contribution < -0.4 is 11.1 Å². The molecule has 0 saturated carbocycles. The van der Waals surface area contributed by atoms with Gasteiger partial charge < -0.3 is 55.1 Å². The van der Waals surface area contributed by atoms with Crippen molar-refractivity contribution in [3.63, 3.8) is 0 Å². The minimum atomic E-state index is -3.14. The van der Waals surface area contributed by atoms with Crippen LogP contribution in [0.5, 0.6) is 0 Å². The maximum atomic E-state index is 16.6. The number of fused-ring (bicyclic) bond motifs is 2. The van der Waals surface area contributed by atoms with Crippen LogP contribution in [-0.4, -0.2) is 156 Å². The molecular formula is C37H69FN4O9. The zero-order valence-electron chi connectivity index (χ0n) is 32.8. The predicted molar refractivity (Wildman–Crippen MR) is 192 cm³/mol. The van der Waals surface area contributed by atoms with Crippen molar-refractivity contribution in [3.8, 4) is 0 Å². The summed E-state index contributed by atoms with van der Waals surface area (Å²) in [4.78, 5) is 31.7. The van der Waals surface area contributed by atoms with Crippen LogP contribution in [0.15, 0.2) is 0 Å². The van der Waals surface area contributed by atoms with Crippen molar-refractivity contribution in [2.75, 3.05) is 46.8 Å². The van der Waals surface area contributed by atoms with Crippen molar-refractivity contribution in [1.29, 1.82) is 0 Å². The number of nitrogens with two attached hydrogens (primary N) is 1. The van der Waals surface area contributed by atoms with Gasteiger partial charge in [0.1, 0.15) is 23.9 Å². The summed E-state index contributed by atoms with van der Waals surface area (Å²) >= 11 is 0. The topological polar surface area (TPSA) is 176 Å². The molecule has 3 heterocycles. The van der Waals surface area contributed by atoms with Crippen LogP contribution in [0, 0.1) is 11.8 Å². The fraction of sp³-hybridized carbons (Fsp3) is 0.946. The standard InChI is InChI=1S/C37H69FN4O9/c1-11-13-17-41(9)26-18-22(3)48-33(29(26)43)50-32-23(4)30(44)36(7,38)34(46)49-28(12-2)37(8,47)31(45)24(5)42(10)21-25-19-35(32,6)51-27(25)20-40-16-14-15-39/h22-29,31-33,40,43,45,47H,11-21,39H2,1-10H3/t22-,23+,24-,25-,26+,27?,28-,29-,31-,32-,33+,35-,36+,37-/m1/s1. The van der Waals surface area contributed by atoms with Crippen molar-refractivity contribution in [1.82, 2.24) is 15.1 Å². The number of carbonyl (C=O) groups excluding carboxylic acids is 2. The van der Waals surface area contributed by atoms with Crippen LogP contribution in [-0.2, 0) is 28.5 Å². The number of alkyl halides is 1. The fourth-order valence-electron chi connectivity index (χ4n) is 8.25. The average molecular weight is 733 g/mol. The number of rotatable bonds is 12. The van der Waals surface area contributed by atoms with Crippen molar-refractivity contribution in [3.05, 3.63) is 0 Å². The zero-order chi connectivity index (χ0) is 38.5. The third-order valence-electron chi connectivity index (χ3n) is 11.7. The van der Waals surface area contributed by atoms with E-state index in [1.165, 1.54) is 13.8 Å². The van der Waals surface area contributed by atoms with E-state index in [9.17, 15) is 24.9 Å². The quantitative estimate of drug-likeness (QED) is 0.112. The number of hydrogen-bond donors (Lipinski definition) is 5. The lowest BCUT2D eigenvalue weighted by molar-refractivity contribution is -0.295. The summed E-state index contributed by atoms with van der Waals surface area (Å²) < 4.78 is 41.8. The van der Waals surface area contributed by atoms with Crippen molar-refractivity contribution in [2.24, 2.45) is 17.6 Å². The molecule has 14 heteroatoms. The number of hydrogen-bond acceptors (Lipinski definition) is 13. The van der Waals surface area contributed by atoms with Gasteiger partial charge in [0.05, 0.1) is 23.9 Å². The molecule has 51 heavy (non-hydrogen) atoms. The first-order valence-electron chi connectivity index (χ1n) is 19.1. The molecule has 3 aliphatic heterocycles. The number of nitrogens with one attached hydrogen (secondary N) is 1. The molecular weight excluding hydrogens is 663 g/mol. The van der Waals surface area contributed by atoms with Gasteiger partial charge in [0.2, 0.25) is 0 Å². The van der Waals surface area contributed by atoms with Crippen molar-refractivity contribution >= 4 is 11.8 Å². The van der Waals surface area contributed by atoms with E-state index in [4.69, 9.17) is 24.7 Å². The number of esters is 1. The van der Waals surface area contributed by atoms with Crippen LogP contribution in [0.3, 0.4) is 0 Å². The number of likely N-dealkylation sites (N-methyl/N-ethyl adjacent to an activating group) is 2. The Morgan fingerprint density at radius 2 is 1.80 bits per heavy atom. The van der Waals surface area contributed by atoms with Gasteiger partial charge in [0.25, 0.3) is 5.67 Å². The first kappa shape index (κ1) is 44.1. The van der Waals surface area contributed by atoms with Crippen molar-refractivity contribution in [2.45, 2.75) is 166 Å². The van der Waals surface area contributed by atoms with Crippen molar-refractivity contribution < 1.29 is 48.2 Å². The normalized spacial score (nSPS) is 43.6. The molecule has 0 radical (unpaired) electrons. The number of nitrogens with zero attached hydrogens (tertiary/aromatic N) is 2. The van der Waals surface area contributed by atoms with Crippen LogP contribution in [0.25, 0.3) is 0 Å². The second kappa shape index (κ2) is 18.3. The van der Waals surface area contributed by atoms with Crippen LogP contribution in [0.4, 0.5) is 4.39 Å². The van der Waals surface area contributed by atoms with E-state index < -0.39 is 77.4 Å². The fourth-order valence-corrected chi connectivity index (χ4v) is 8.25. The Kier molecular flexibility index (Phi) is 15.8. The molecule has 0 aliphatic carbocycles. The Hall–Kier alpha value is -1.33. The van der Waals surface area contributed by atoms with Gasteiger partial charge in [-0.15, -0.1) is 0 Å². The molecule has 0 aromatic rings. The minimum absolute atomic E-state index is 0.0613. The molecule has 3 saturated heterocycles. The summed E-state index contributed by atoms with van der Waals surface area (Å²) in [5.74, 6) is -3.98.